The van der Waals surface area contributed by atoms with Crippen LogP contribution < -0.4 is 4.74 Å². The maximum Gasteiger partial charge on any atom is 0.307 e. The normalized spacial score (nSPS) is 18.6. The SMILES string of the molecule is COC(=O)CCN(C(=O)Cc1ccc(OC)cc1)C1CCS(=O)(=O)C1. The number of amides is 1. The maximum atomic E-state index is 12.7. The van der Waals surface area contributed by atoms with E-state index in [1.54, 1.807) is 31.4 Å². The molecule has 0 spiro atoms. The number of hydrogen-bond acceptors (Lipinski definition) is 6. The van der Waals surface area contributed by atoms with Gasteiger partial charge in [0.2, 0.25) is 5.91 Å². The fraction of sp³-hybridized carbons (Fsp3) is 0.529. The first-order chi connectivity index (χ1) is 11.8. The number of ether oxygens (including phenoxy) is 2. The number of rotatable bonds is 7. The predicted octanol–water partition coefficient (Wildman–Crippen LogP) is 0.816. The Bertz CT molecular complexity index is 713. The van der Waals surface area contributed by atoms with Crippen molar-refractivity contribution in [2.24, 2.45) is 0 Å². The van der Waals surface area contributed by atoms with E-state index < -0.39 is 15.8 Å². The average Bonchev–Trinajstić information content (AvgIpc) is 2.95. The molecule has 2 rings (SSSR count). The van der Waals surface area contributed by atoms with Crippen LogP contribution in [0.2, 0.25) is 0 Å². The van der Waals surface area contributed by atoms with Gasteiger partial charge in [-0.2, -0.15) is 0 Å². The van der Waals surface area contributed by atoms with Crippen LogP contribution in [0.3, 0.4) is 0 Å². The van der Waals surface area contributed by atoms with E-state index in [4.69, 9.17) is 4.74 Å². The van der Waals surface area contributed by atoms with E-state index >= 15 is 0 Å². The molecule has 1 saturated heterocycles. The molecule has 0 aliphatic carbocycles. The number of carbonyl (C=O) groups excluding carboxylic acids is 2. The smallest absolute Gasteiger partial charge is 0.307 e. The van der Waals surface area contributed by atoms with Gasteiger partial charge in [0.1, 0.15) is 5.75 Å². The molecule has 1 aromatic rings. The molecule has 1 heterocycles. The highest BCUT2D eigenvalue weighted by Gasteiger charge is 2.34. The van der Waals surface area contributed by atoms with E-state index in [1.807, 2.05) is 0 Å². The molecule has 8 heteroatoms. The lowest BCUT2D eigenvalue weighted by molar-refractivity contribution is -0.142. The summed E-state index contributed by atoms with van der Waals surface area (Å²) in [5, 5.41) is 0. The summed E-state index contributed by atoms with van der Waals surface area (Å²) in [5.74, 6) is 0.0879. The quantitative estimate of drug-likeness (QED) is 0.661. The van der Waals surface area contributed by atoms with Crippen LogP contribution >= 0.6 is 0 Å². The van der Waals surface area contributed by atoms with Crippen molar-refractivity contribution in [3.63, 3.8) is 0 Å². The highest BCUT2D eigenvalue weighted by Crippen LogP contribution is 2.20. The zero-order valence-electron chi connectivity index (χ0n) is 14.4. The number of methoxy groups -OCH3 is 2. The molecule has 1 aromatic carbocycles. The minimum atomic E-state index is -3.13. The van der Waals surface area contributed by atoms with Crippen molar-refractivity contribution in [1.82, 2.24) is 4.90 Å². The van der Waals surface area contributed by atoms with Gasteiger partial charge < -0.3 is 14.4 Å². The number of carbonyl (C=O) groups is 2. The van der Waals surface area contributed by atoms with Crippen LogP contribution in [0.15, 0.2) is 24.3 Å². The number of nitrogens with zero attached hydrogens (tertiary/aromatic N) is 1. The summed E-state index contributed by atoms with van der Waals surface area (Å²) < 4.78 is 33.2. The third kappa shape index (κ3) is 5.45. The van der Waals surface area contributed by atoms with E-state index in [1.165, 1.54) is 12.0 Å². The van der Waals surface area contributed by atoms with Crippen molar-refractivity contribution in [3.8, 4) is 5.75 Å². The minimum Gasteiger partial charge on any atom is -0.497 e. The molecule has 1 atom stereocenters. The van der Waals surface area contributed by atoms with Crippen LogP contribution in [0.5, 0.6) is 5.75 Å². The van der Waals surface area contributed by atoms with Crippen LogP contribution in [0, 0.1) is 0 Å². The molecule has 1 unspecified atom stereocenters. The van der Waals surface area contributed by atoms with Gasteiger partial charge in [0.15, 0.2) is 9.84 Å². The molecule has 7 nitrogen and oxygen atoms in total. The lowest BCUT2D eigenvalue weighted by Gasteiger charge is -2.28. The standard InChI is InChI=1S/C17H23NO6S/c1-23-15-5-3-13(4-6-15)11-16(19)18(9-7-17(20)24-2)14-8-10-25(21,22)12-14/h3-6,14H,7-12H2,1-2H3. The Morgan fingerprint density at radius 3 is 2.40 bits per heavy atom. The summed E-state index contributed by atoms with van der Waals surface area (Å²) >= 11 is 0. The lowest BCUT2D eigenvalue weighted by Crippen LogP contribution is -2.43. The summed E-state index contributed by atoms with van der Waals surface area (Å²) in [6, 6.07) is 6.73. The second kappa shape index (κ2) is 8.33. The molecule has 1 fully saturated rings. The van der Waals surface area contributed by atoms with Gasteiger partial charge >= 0.3 is 5.97 Å². The topological polar surface area (TPSA) is 90.0 Å². The van der Waals surface area contributed by atoms with E-state index in [2.05, 4.69) is 4.74 Å². The van der Waals surface area contributed by atoms with Crippen molar-refractivity contribution >= 4 is 21.7 Å². The Kier molecular flexibility index (Phi) is 6.41. The van der Waals surface area contributed by atoms with Gasteiger partial charge in [0, 0.05) is 12.6 Å². The highest BCUT2D eigenvalue weighted by molar-refractivity contribution is 7.91. The fourth-order valence-electron chi connectivity index (χ4n) is 2.87. The van der Waals surface area contributed by atoms with Crippen molar-refractivity contribution < 1.29 is 27.5 Å². The number of sulfone groups is 1. The van der Waals surface area contributed by atoms with Gasteiger partial charge in [-0.3, -0.25) is 9.59 Å². The van der Waals surface area contributed by atoms with E-state index in [0.29, 0.717) is 12.2 Å². The zero-order chi connectivity index (χ0) is 18.4. The molecule has 138 valence electrons. The van der Waals surface area contributed by atoms with Gasteiger partial charge in [-0.25, -0.2) is 8.42 Å². The summed E-state index contributed by atoms with van der Waals surface area (Å²) in [4.78, 5) is 25.6. The van der Waals surface area contributed by atoms with Crippen molar-refractivity contribution in [2.45, 2.75) is 25.3 Å². The van der Waals surface area contributed by atoms with Crippen molar-refractivity contribution in [1.29, 1.82) is 0 Å². The molecule has 1 amide bonds. The Hall–Kier alpha value is -2.09. The third-order valence-electron chi connectivity index (χ3n) is 4.27. The Balaban J connectivity index is 2.09. The van der Waals surface area contributed by atoms with Crippen LogP contribution in [0.1, 0.15) is 18.4 Å². The third-order valence-corrected chi connectivity index (χ3v) is 6.02. The zero-order valence-corrected chi connectivity index (χ0v) is 15.3. The highest BCUT2D eigenvalue weighted by atomic mass is 32.2. The lowest BCUT2D eigenvalue weighted by atomic mass is 10.1. The van der Waals surface area contributed by atoms with Crippen LogP contribution in [-0.2, 0) is 30.6 Å². The van der Waals surface area contributed by atoms with Gasteiger partial charge in [0.05, 0.1) is 38.6 Å². The Labute approximate surface area is 147 Å². The second-order valence-electron chi connectivity index (χ2n) is 5.99. The van der Waals surface area contributed by atoms with Gasteiger partial charge in [-0.15, -0.1) is 0 Å². The van der Waals surface area contributed by atoms with E-state index in [-0.39, 0.29) is 42.8 Å². The fourth-order valence-corrected chi connectivity index (χ4v) is 4.60. The molecule has 0 saturated carbocycles. The monoisotopic (exact) mass is 369 g/mol. The van der Waals surface area contributed by atoms with E-state index in [0.717, 1.165) is 5.56 Å². The summed E-state index contributed by atoms with van der Waals surface area (Å²) in [7, 11) is -0.278. The second-order valence-corrected chi connectivity index (χ2v) is 8.22. The molecule has 0 bridgehead atoms. The van der Waals surface area contributed by atoms with Gasteiger partial charge in [0.25, 0.3) is 0 Å². The Morgan fingerprint density at radius 1 is 1.20 bits per heavy atom. The number of esters is 1. The van der Waals surface area contributed by atoms with Crippen LogP contribution in [-0.4, -0.2) is 63.5 Å². The molecule has 1 aliphatic rings. The minimum absolute atomic E-state index is 0.0431. The van der Waals surface area contributed by atoms with Gasteiger partial charge in [-0.1, -0.05) is 12.1 Å². The predicted molar refractivity (Wildman–Crippen MR) is 92.1 cm³/mol. The molecule has 0 aromatic heterocycles. The summed E-state index contributed by atoms with van der Waals surface area (Å²) in [6.45, 7) is 0.155. The summed E-state index contributed by atoms with van der Waals surface area (Å²) in [6.07, 6.45) is 0.584. The average molecular weight is 369 g/mol. The van der Waals surface area contributed by atoms with Crippen molar-refractivity contribution in [2.75, 3.05) is 32.3 Å². The van der Waals surface area contributed by atoms with Crippen molar-refractivity contribution in [3.05, 3.63) is 29.8 Å². The number of benzene rings is 1. The largest absolute Gasteiger partial charge is 0.497 e. The van der Waals surface area contributed by atoms with Crippen LogP contribution in [0.25, 0.3) is 0 Å². The van der Waals surface area contributed by atoms with Gasteiger partial charge in [-0.05, 0) is 24.1 Å². The van der Waals surface area contributed by atoms with Crippen LogP contribution in [0.4, 0.5) is 0 Å². The molecule has 0 radical (unpaired) electrons. The molecule has 0 N–H and O–H groups in total. The molecular formula is C17H23NO6S. The first kappa shape index (κ1) is 19.2. The molecule has 1 aliphatic heterocycles. The maximum absolute atomic E-state index is 12.7. The summed E-state index contributed by atoms with van der Waals surface area (Å²) in [5.41, 5.74) is 0.801. The first-order valence-electron chi connectivity index (χ1n) is 8.04. The molecular weight excluding hydrogens is 346 g/mol. The first-order valence-corrected chi connectivity index (χ1v) is 9.86. The number of hydrogen-bond donors (Lipinski definition) is 0. The molecule has 25 heavy (non-hydrogen) atoms. The van der Waals surface area contributed by atoms with E-state index in [9.17, 15) is 18.0 Å². The Morgan fingerprint density at radius 2 is 1.88 bits per heavy atom.